The monoisotopic (exact) mass is 289 g/mol. The van der Waals surface area contributed by atoms with Gasteiger partial charge in [-0.05, 0) is 19.8 Å². The van der Waals surface area contributed by atoms with E-state index in [9.17, 15) is 5.11 Å². The molecule has 2 N–H and O–H groups in total. The second kappa shape index (κ2) is 6.04. The van der Waals surface area contributed by atoms with E-state index in [2.05, 4.69) is 25.3 Å². The quantitative estimate of drug-likeness (QED) is 0.825. The molecule has 2 aromatic rings. The van der Waals surface area contributed by atoms with Crippen LogP contribution < -0.4 is 10.2 Å². The van der Waals surface area contributed by atoms with Crippen molar-refractivity contribution in [3.8, 4) is 5.95 Å². The maximum absolute atomic E-state index is 9.48. The van der Waals surface area contributed by atoms with Crippen molar-refractivity contribution in [3.63, 3.8) is 0 Å². The molecule has 0 spiro atoms. The Balaban J connectivity index is 1.99. The number of hydrogen-bond acceptors (Lipinski definition) is 7. The number of aliphatic hydroxyl groups is 1. The third-order valence-electron chi connectivity index (χ3n) is 3.53. The fraction of sp³-hybridized carbons (Fsp3) is 0.538. The molecule has 1 aliphatic heterocycles. The molecule has 0 radical (unpaired) electrons. The molecule has 0 saturated carbocycles. The maximum Gasteiger partial charge on any atom is 0.241 e. The largest absolute Gasteiger partial charge is 0.394 e. The van der Waals surface area contributed by atoms with Crippen LogP contribution in [0.15, 0.2) is 18.7 Å². The van der Waals surface area contributed by atoms with Gasteiger partial charge in [0, 0.05) is 25.5 Å². The Kier molecular flexibility index (Phi) is 3.96. The van der Waals surface area contributed by atoms with Crippen LogP contribution in [0.5, 0.6) is 0 Å². The Morgan fingerprint density at radius 3 is 2.90 bits per heavy atom. The SMILES string of the molecule is CCNc1nc(N2CCCC2CO)nc(-n2ccnc2)n1. The number of rotatable bonds is 5. The second-order valence-corrected chi connectivity index (χ2v) is 4.93. The van der Waals surface area contributed by atoms with Crippen LogP contribution in [0.25, 0.3) is 5.95 Å². The van der Waals surface area contributed by atoms with E-state index >= 15 is 0 Å². The summed E-state index contributed by atoms with van der Waals surface area (Å²) >= 11 is 0. The van der Waals surface area contributed by atoms with Gasteiger partial charge >= 0.3 is 0 Å². The number of aliphatic hydroxyl groups excluding tert-OH is 1. The van der Waals surface area contributed by atoms with Crippen LogP contribution in [0, 0.1) is 0 Å². The fourth-order valence-electron chi connectivity index (χ4n) is 2.50. The molecule has 0 aromatic carbocycles. The smallest absolute Gasteiger partial charge is 0.241 e. The van der Waals surface area contributed by atoms with Crippen molar-refractivity contribution in [2.24, 2.45) is 0 Å². The van der Waals surface area contributed by atoms with Crippen molar-refractivity contribution in [2.45, 2.75) is 25.8 Å². The molecule has 1 atom stereocenters. The molecule has 1 unspecified atom stereocenters. The number of nitrogens with zero attached hydrogens (tertiary/aromatic N) is 6. The summed E-state index contributed by atoms with van der Waals surface area (Å²) in [4.78, 5) is 19.4. The van der Waals surface area contributed by atoms with Crippen molar-refractivity contribution in [3.05, 3.63) is 18.7 Å². The van der Waals surface area contributed by atoms with Gasteiger partial charge < -0.3 is 15.3 Å². The first kappa shape index (κ1) is 13.7. The zero-order valence-corrected chi connectivity index (χ0v) is 12.0. The predicted octanol–water partition coefficient (Wildman–Crippen LogP) is 0.450. The summed E-state index contributed by atoms with van der Waals surface area (Å²) in [7, 11) is 0. The lowest BCUT2D eigenvalue weighted by molar-refractivity contribution is 0.265. The van der Waals surface area contributed by atoms with Crippen LogP contribution in [0.4, 0.5) is 11.9 Å². The van der Waals surface area contributed by atoms with E-state index in [1.807, 2.05) is 11.8 Å². The van der Waals surface area contributed by atoms with Gasteiger partial charge in [-0.25, -0.2) is 4.98 Å². The van der Waals surface area contributed by atoms with Crippen LogP contribution in [-0.4, -0.2) is 55.3 Å². The molecule has 2 aromatic heterocycles. The molecule has 3 rings (SSSR count). The minimum absolute atomic E-state index is 0.0810. The average Bonchev–Trinajstić information content (AvgIpc) is 3.18. The summed E-state index contributed by atoms with van der Waals surface area (Å²) in [6.07, 6.45) is 7.13. The van der Waals surface area contributed by atoms with E-state index in [1.54, 1.807) is 23.3 Å². The van der Waals surface area contributed by atoms with E-state index in [-0.39, 0.29) is 12.6 Å². The molecule has 1 aliphatic rings. The fourth-order valence-corrected chi connectivity index (χ4v) is 2.50. The Morgan fingerprint density at radius 2 is 2.19 bits per heavy atom. The molecule has 1 fully saturated rings. The third-order valence-corrected chi connectivity index (χ3v) is 3.53. The van der Waals surface area contributed by atoms with Gasteiger partial charge in [0.2, 0.25) is 17.8 Å². The van der Waals surface area contributed by atoms with Crippen LogP contribution in [0.2, 0.25) is 0 Å². The third kappa shape index (κ3) is 2.80. The molecule has 0 bridgehead atoms. The highest BCUT2D eigenvalue weighted by Crippen LogP contribution is 2.23. The zero-order valence-electron chi connectivity index (χ0n) is 12.0. The molecular formula is C13H19N7O. The maximum atomic E-state index is 9.48. The van der Waals surface area contributed by atoms with Crippen molar-refractivity contribution in [2.75, 3.05) is 29.9 Å². The van der Waals surface area contributed by atoms with Gasteiger partial charge in [0.1, 0.15) is 6.33 Å². The van der Waals surface area contributed by atoms with Crippen molar-refractivity contribution >= 4 is 11.9 Å². The highest BCUT2D eigenvalue weighted by molar-refractivity contribution is 5.42. The van der Waals surface area contributed by atoms with Gasteiger partial charge in [-0.3, -0.25) is 4.57 Å². The average molecular weight is 289 g/mol. The molecule has 8 heteroatoms. The Hall–Kier alpha value is -2.22. The van der Waals surface area contributed by atoms with Crippen molar-refractivity contribution in [1.82, 2.24) is 24.5 Å². The highest BCUT2D eigenvalue weighted by Gasteiger charge is 2.27. The van der Waals surface area contributed by atoms with Gasteiger partial charge in [-0.2, -0.15) is 15.0 Å². The van der Waals surface area contributed by atoms with E-state index < -0.39 is 0 Å². The molecule has 0 aliphatic carbocycles. The van der Waals surface area contributed by atoms with E-state index in [1.165, 1.54) is 0 Å². The Labute approximate surface area is 122 Å². The molecule has 3 heterocycles. The van der Waals surface area contributed by atoms with Crippen LogP contribution in [0.1, 0.15) is 19.8 Å². The normalized spacial score (nSPS) is 18.2. The zero-order chi connectivity index (χ0) is 14.7. The van der Waals surface area contributed by atoms with E-state index in [0.29, 0.717) is 17.8 Å². The summed E-state index contributed by atoms with van der Waals surface area (Å²) in [6, 6.07) is 0.0810. The minimum Gasteiger partial charge on any atom is -0.394 e. The van der Waals surface area contributed by atoms with E-state index in [4.69, 9.17) is 0 Å². The summed E-state index contributed by atoms with van der Waals surface area (Å²) in [5, 5.41) is 12.6. The number of anilines is 2. The van der Waals surface area contributed by atoms with Crippen LogP contribution in [0.3, 0.4) is 0 Å². The lowest BCUT2D eigenvalue weighted by Crippen LogP contribution is -2.34. The van der Waals surface area contributed by atoms with Gasteiger partial charge in [0.25, 0.3) is 0 Å². The van der Waals surface area contributed by atoms with Gasteiger partial charge in [0.15, 0.2) is 0 Å². The van der Waals surface area contributed by atoms with Crippen LogP contribution in [-0.2, 0) is 0 Å². The molecule has 0 amide bonds. The number of nitrogens with one attached hydrogen (secondary N) is 1. The Morgan fingerprint density at radius 1 is 1.33 bits per heavy atom. The molecule has 112 valence electrons. The van der Waals surface area contributed by atoms with Crippen molar-refractivity contribution in [1.29, 1.82) is 0 Å². The van der Waals surface area contributed by atoms with Gasteiger partial charge in [-0.1, -0.05) is 0 Å². The number of hydrogen-bond donors (Lipinski definition) is 2. The summed E-state index contributed by atoms with van der Waals surface area (Å²) in [5.41, 5.74) is 0. The molecular weight excluding hydrogens is 270 g/mol. The second-order valence-electron chi connectivity index (χ2n) is 4.93. The standard InChI is InChI=1S/C13H19N7O/c1-2-15-11-16-12(19-7-5-14-9-19)18-13(17-11)20-6-3-4-10(20)8-21/h5,7,9-10,21H,2-4,6,8H2,1H3,(H,15,16,17,18). The lowest BCUT2D eigenvalue weighted by Gasteiger charge is -2.23. The molecule has 8 nitrogen and oxygen atoms in total. The van der Waals surface area contributed by atoms with Gasteiger partial charge in [-0.15, -0.1) is 0 Å². The predicted molar refractivity (Wildman–Crippen MR) is 78.6 cm³/mol. The Bertz CT molecular complexity index is 586. The highest BCUT2D eigenvalue weighted by atomic mass is 16.3. The topological polar surface area (TPSA) is 92.0 Å². The lowest BCUT2D eigenvalue weighted by atomic mass is 10.2. The number of imidazole rings is 1. The summed E-state index contributed by atoms with van der Waals surface area (Å²) in [5.74, 6) is 1.66. The van der Waals surface area contributed by atoms with Crippen LogP contribution >= 0.6 is 0 Å². The first-order valence-corrected chi connectivity index (χ1v) is 7.17. The summed E-state index contributed by atoms with van der Waals surface area (Å²) in [6.45, 7) is 3.69. The summed E-state index contributed by atoms with van der Waals surface area (Å²) < 4.78 is 1.75. The van der Waals surface area contributed by atoms with Gasteiger partial charge in [0.05, 0.1) is 12.6 Å². The molecule has 1 saturated heterocycles. The molecule has 21 heavy (non-hydrogen) atoms. The van der Waals surface area contributed by atoms with E-state index in [0.717, 1.165) is 25.9 Å². The first-order chi connectivity index (χ1) is 10.3. The number of aromatic nitrogens is 5. The van der Waals surface area contributed by atoms with Crippen molar-refractivity contribution < 1.29 is 5.11 Å². The first-order valence-electron chi connectivity index (χ1n) is 7.17. The minimum atomic E-state index is 0.0810.